The Balaban J connectivity index is 1.72. The van der Waals surface area contributed by atoms with Crippen molar-refractivity contribution >= 4 is 36.7 Å². The van der Waals surface area contributed by atoms with Gasteiger partial charge in [0.2, 0.25) is 0 Å². The number of benzene rings is 3. The molecule has 1 amide bonds. The molecule has 0 bridgehead atoms. The third-order valence-electron chi connectivity index (χ3n) is 6.73. The molecular formula is C30H25F2N3O6S2. The maximum absolute atomic E-state index is 14.8. The lowest BCUT2D eigenvalue weighted by Gasteiger charge is -2.14. The van der Waals surface area contributed by atoms with Gasteiger partial charge in [0.25, 0.3) is 21.5 Å². The van der Waals surface area contributed by atoms with E-state index in [0.29, 0.717) is 17.0 Å². The molecule has 3 aromatic carbocycles. The first-order valence-corrected chi connectivity index (χ1v) is 16.4. The number of carbonyl (C=O) groups excluding carboxylic acids is 1. The second-order valence-corrected chi connectivity index (χ2v) is 14.0. The van der Waals surface area contributed by atoms with E-state index in [1.165, 1.54) is 41.1 Å². The highest BCUT2D eigenvalue weighted by Crippen LogP contribution is 2.35. The zero-order valence-electron chi connectivity index (χ0n) is 22.9. The molecule has 0 atom stereocenters. The van der Waals surface area contributed by atoms with Crippen LogP contribution in [0.5, 0.6) is 0 Å². The van der Waals surface area contributed by atoms with Crippen LogP contribution in [0, 0.1) is 18.6 Å². The smallest absolute Gasteiger partial charge is 0.282 e. The van der Waals surface area contributed by atoms with Gasteiger partial charge in [-0.25, -0.2) is 30.3 Å². The summed E-state index contributed by atoms with van der Waals surface area (Å²) in [4.78, 5) is 29.2. The van der Waals surface area contributed by atoms with Crippen molar-refractivity contribution in [3.63, 3.8) is 0 Å². The number of hydrogen-bond acceptors (Lipinski definition) is 6. The number of pyridine rings is 1. The number of sulfone groups is 1. The minimum atomic E-state index is -4.56. The Bertz CT molecular complexity index is 2190. The van der Waals surface area contributed by atoms with Gasteiger partial charge < -0.3 is 9.55 Å². The summed E-state index contributed by atoms with van der Waals surface area (Å²) in [5.41, 5.74) is 0.747. The van der Waals surface area contributed by atoms with Gasteiger partial charge in [-0.3, -0.25) is 9.59 Å². The molecule has 0 saturated heterocycles. The molecule has 9 nitrogen and oxygen atoms in total. The fourth-order valence-corrected chi connectivity index (χ4v) is 6.72. The summed E-state index contributed by atoms with van der Waals surface area (Å²) in [6, 6.07) is 16.2. The molecule has 0 fully saturated rings. The normalized spacial score (nSPS) is 12.0. The summed E-state index contributed by atoms with van der Waals surface area (Å²) < 4.78 is 82.3. The summed E-state index contributed by atoms with van der Waals surface area (Å²) in [6.07, 6.45) is 2.41. The first-order valence-electron chi connectivity index (χ1n) is 12.8. The number of fused-ring (bicyclic) bond motifs is 1. The van der Waals surface area contributed by atoms with E-state index in [1.54, 1.807) is 31.2 Å². The molecule has 0 aliphatic rings. The number of nitrogens with zero attached hydrogens (tertiary/aromatic N) is 1. The van der Waals surface area contributed by atoms with Crippen molar-refractivity contribution in [2.24, 2.45) is 0 Å². The van der Waals surface area contributed by atoms with Gasteiger partial charge in [0, 0.05) is 46.1 Å². The summed E-state index contributed by atoms with van der Waals surface area (Å²) >= 11 is 0. The van der Waals surface area contributed by atoms with Crippen molar-refractivity contribution in [2.75, 3.05) is 6.26 Å². The Morgan fingerprint density at radius 1 is 0.953 bits per heavy atom. The Morgan fingerprint density at radius 3 is 2.42 bits per heavy atom. The fraction of sp³-hybridized carbons (Fsp3) is 0.133. The Labute approximate surface area is 245 Å². The molecule has 0 unspecified atom stereocenters. The molecular weight excluding hydrogens is 600 g/mol. The van der Waals surface area contributed by atoms with Gasteiger partial charge in [-0.1, -0.05) is 29.8 Å². The van der Waals surface area contributed by atoms with Crippen LogP contribution >= 0.6 is 0 Å². The summed E-state index contributed by atoms with van der Waals surface area (Å²) in [5, 5.41) is 0.428. The molecule has 2 aromatic heterocycles. The van der Waals surface area contributed by atoms with E-state index < -0.39 is 48.7 Å². The maximum Gasteiger partial charge on any atom is 0.282 e. The predicted octanol–water partition coefficient (Wildman–Crippen LogP) is 4.29. The molecule has 2 heterocycles. The van der Waals surface area contributed by atoms with Crippen LogP contribution in [0.25, 0.3) is 22.0 Å². The number of amides is 1. The van der Waals surface area contributed by atoms with Crippen molar-refractivity contribution in [3.05, 3.63) is 123 Å². The van der Waals surface area contributed by atoms with Crippen LogP contribution in [0.2, 0.25) is 0 Å². The average Bonchev–Trinajstić information content (AvgIpc) is 3.22. The molecule has 0 radical (unpaired) electrons. The fourth-order valence-electron chi connectivity index (χ4n) is 4.91. The number of sulfonamides is 1. The lowest BCUT2D eigenvalue weighted by Crippen LogP contribution is -2.33. The van der Waals surface area contributed by atoms with Gasteiger partial charge in [-0.2, -0.15) is 0 Å². The van der Waals surface area contributed by atoms with Crippen molar-refractivity contribution in [1.29, 1.82) is 0 Å². The Kier molecular flexibility index (Phi) is 7.80. The molecule has 5 aromatic rings. The number of halogens is 2. The van der Waals surface area contributed by atoms with E-state index in [-0.39, 0.29) is 39.4 Å². The van der Waals surface area contributed by atoms with Crippen molar-refractivity contribution in [2.45, 2.75) is 24.1 Å². The van der Waals surface area contributed by atoms with Crippen LogP contribution < -0.4 is 10.3 Å². The van der Waals surface area contributed by atoms with Gasteiger partial charge in [0.1, 0.15) is 17.3 Å². The first kappa shape index (κ1) is 29.9. The molecule has 0 aliphatic heterocycles. The largest absolute Gasteiger partial charge is 0.331 e. The van der Waals surface area contributed by atoms with Gasteiger partial charge in [-0.15, -0.1) is 0 Å². The zero-order chi connectivity index (χ0) is 31.1. The number of rotatable bonds is 8. The number of H-pyrrole nitrogens is 1. The number of carbonyl (C=O) groups is 1. The number of aromatic amines is 1. The molecule has 0 saturated carbocycles. The SMILES string of the molecule is Cc1ccc2c(c1)c(-c1ccc[nH]c1=O)c(C(=O)NS(=O)(=O)c1cccc(CS(C)(=O)=O)c1)n2Cc1ccc(F)cc1F. The van der Waals surface area contributed by atoms with Gasteiger partial charge in [0.15, 0.2) is 9.84 Å². The number of aryl methyl sites for hydroxylation is 1. The van der Waals surface area contributed by atoms with E-state index in [4.69, 9.17) is 0 Å². The zero-order valence-corrected chi connectivity index (χ0v) is 24.5. The maximum atomic E-state index is 14.8. The lowest BCUT2D eigenvalue weighted by molar-refractivity contribution is 0.0974. The molecule has 0 aliphatic carbocycles. The van der Waals surface area contributed by atoms with E-state index in [9.17, 15) is 35.2 Å². The van der Waals surface area contributed by atoms with Crippen LogP contribution in [0.15, 0.2) is 88.7 Å². The molecule has 222 valence electrons. The summed E-state index contributed by atoms with van der Waals surface area (Å²) in [7, 11) is -8.04. The Morgan fingerprint density at radius 2 is 1.72 bits per heavy atom. The average molecular weight is 626 g/mol. The first-order chi connectivity index (χ1) is 20.2. The van der Waals surface area contributed by atoms with Gasteiger partial charge >= 0.3 is 0 Å². The minimum Gasteiger partial charge on any atom is -0.331 e. The quantitative estimate of drug-likeness (QED) is 0.264. The van der Waals surface area contributed by atoms with E-state index in [2.05, 4.69) is 4.98 Å². The molecule has 2 N–H and O–H groups in total. The molecule has 13 heteroatoms. The molecule has 5 rings (SSSR count). The standard InChI is InChI=1S/C30H25F2N3O6S2/c1-18-8-11-26-24(13-18)27(23-7-4-12-33-29(23)36)28(35(26)16-20-9-10-21(31)15-25(20)32)30(37)34-43(40,41)22-6-3-5-19(14-22)17-42(2,38)39/h3-15H,16-17H2,1-2H3,(H,33,36)(H,34,37). The van der Waals surface area contributed by atoms with Crippen LogP contribution in [-0.4, -0.2) is 38.5 Å². The third kappa shape index (κ3) is 6.27. The second kappa shape index (κ2) is 11.2. The summed E-state index contributed by atoms with van der Waals surface area (Å²) in [6.45, 7) is 1.49. The minimum absolute atomic E-state index is 0.0118. The predicted molar refractivity (Wildman–Crippen MR) is 158 cm³/mol. The van der Waals surface area contributed by atoms with Crippen molar-refractivity contribution in [3.8, 4) is 11.1 Å². The van der Waals surface area contributed by atoms with Crippen molar-refractivity contribution < 1.29 is 30.4 Å². The van der Waals surface area contributed by atoms with Crippen LogP contribution in [0.4, 0.5) is 8.78 Å². The lowest BCUT2D eigenvalue weighted by atomic mass is 10.0. The molecule has 43 heavy (non-hydrogen) atoms. The second-order valence-electron chi connectivity index (χ2n) is 10.1. The van der Waals surface area contributed by atoms with Crippen LogP contribution in [-0.2, 0) is 32.2 Å². The highest BCUT2D eigenvalue weighted by Gasteiger charge is 2.29. The highest BCUT2D eigenvalue weighted by atomic mass is 32.2. The molecule has 0 spiro atoms. The number of nitrogens with one attached hydrogen (secondary N) is 2. The Hall–Kier alpha value is -4.62. The van der Waals surface area contributed by atoms with E-state index >= 15 is 0 Å². The van der Waals surface area contributed by atoms with E-state index in [0.717, 1.165) is 24.0 Å². The van der Waals surface area contributed by atoms with Crippen molar-refractivity contribution in [1.82, 2.24) is 14.3 Å². The van der Waals surface area contributed by atoms with Crippen LogP contribution in [0.3, 0.4) is 0 Å². The van der Waals surface area contributed by atoms with Crippen LogP contribution in [0.1, 0.15) is 27.2 Å². The topological polar surface area (TPSA) is 135 Å². The number of aromatic nitrogens is 2. The monoisotopic (exact) mass is 625 g/mol. The third-order valence-corrected chi connectivity index (χ3v) is 8.92. The number of hydrogen-bond donors (Lipinski definition) is 2. The van der Waals surface area contributed by atoms with Gasteiger partial charge in [-0.05, 0) is 55.0 Å². The van der Waals surface area contributed by atoms with Gasteiger partial charge in [0.05, 0.1) is 17.2 Å². The highest BCUT2D eigenvalue weighted by molar-refractivity contribution is 7.90. The summed E-state index contributed by atoms with van der Waals surface area (Å²) in [5.74, 6) is -3.21. The van der Waals surface area contributed by atoms with E-state index in [1.807, 2.05) is 4.72 Å².